The molecule has 0 amide bonds. The highest BCUT2D eigenvalue weighted by molar-refractivity contribution is 5.80. The van der Waals surface area contributed by atoms with Gasteiger partial charge in [-0.25, -0.2) is 0 Å². The van der Waals surface area contributed by atoms with E-state index in [4.69, 9.17) is 59.3 Å². The topological polar surface area (TPSA) is 354 Å². The molecule has 0 radical (unpaired) electrons. The zero-order valence-corrected chi connectivity index (χ0v) is 19.3. The number of carboxylic acid groups (broad SMARTS) is 6. The minimum atomic E-state index is -1.29. The van der Waals surface area contributed by atoms with Gasteiger partial charge in [0.2, 0.25) is 0 Å². The number of rotatable bonds is 13. The van der Waals surface area contributed by atoms with Gasteiger partial charge >= 0.3 is 35.8 Å². The fourth-order valence-corrected chi connectivity index (χ4v) is 1.31. The molecule has 0 saturated carbocycles. The second kappa shape index (κ2) is 23.8. The van der Waals surface area contributed by atoms with Gasteiger partial charge in [0, 0.05) is 6.42 Å². The van der Waals surface area contributed by atoms with Crippen molar-refractivity contribution < 1.29 is 59.4 Å². The van der Waals surface area contributed by atoms with Crippen LogP contribution < -0.4 is 28.7 Å². The first-order chi connectivity index (χ1) is 15.9. The van der Waals surface area contributed by atoms with Crippen LogP contribution in [-0.4, -0.2) is 97.2 Å². The third-order valence-corrected chi connectivity index (χ3v) is 3.37. The Bertz CT molecular complexity index is 660. The van der Waals surface area contributed by atoms with Gasteiger partial charge < -0.3 is 59.3 Å². The summed E-state index contributed by atoms with van der Waals surface area (Å²) >= 11 is 0. The van der Waals surface area contributed by atoms with Crippen molar-refractivity contribution in [3.8, 4) is 0 Å². The van der Waals surface area contributed by atoms with E-state index in [9.17, 15) is 28.8 Å². The molecule has 0 aromatic heterocycles. The van der Waals surface area contributed by atoms with Crippen LogP contribution in [-0.2, 0) is 28.8 Å². The molecular formula is C18H37N5O12. The Morgan fingerprint density at radius 2 is 0.971 bits per heavy atom. The van der Waals surface area contributed by atoms with Crippen molar-refractivity contribution >= 4 is 35.8 Å². The summed E-state index contributed by atoms with van der Waals surface area (Å²) in [5, 5.41) is 48.5. The summed E-state index contributed by atoms with van der Waals surface area (Å²) in [6.07, 6.45) is 1.41. The normalized spacial score (nSPS) is 12.9. The van der Waals surface area contributed by atoms with E-state index in [0.717, 1.165) is 12.8 Å². The molecule has 0 aliphatic rings. The molecule has 0 aliphatic heterocycles. The van der Waals surface area contributed by atoms with E-state index in [1.165, 1.54) is 6.92 Å². The van der Waals surface area contributed by atoms with Crippen molar-refractivity contribution in [2.24, 2.45) is 28.7 Å². The molecule has 17 nitrogen and oxygen atoms in total. The second-order valence-corrected chi connectivity index (χ2v) is 6.78. The number of hydrogen-bond acceptors (Lipinski definition) is 11. The van der Waals surface area contributed by atoms with Crippen molar-refractivity contribution in [3.05, 3.63) is 0 Å². The van der Waals surface area contributed by atoms with Crippen LogP contribution in [0.1, 0.15) is 45.4 Å². The molecule has 4 atom stereocenters. The van der Waals surface area contributed by atoms with Crippen molar-refractivity contribution in [2.75, 3.05) is 6.54 Å². The number of aliphatic carboxylic acids is 6. The summed E-state index contributed by atoms with van der Waals surface area (Å²) in [5.74, 6) is -6.59. The number of unbranched alkanes of at least 4 members (excludes halogenated alkanes) is 1. The Hall–Kier alpha value is -3.38. The quantitative estimate of drug-likeness (QED) is 0.109. The molecule has 0 aromatic carbocycles. The van der Waals surface area contributed by atoms with Gasteiger partial charge in [-0.1, -0.05) is 6.42 Å². The Morgan fingerprint density at radius 3 is 1.20 bits per heavy atom. The molecule has 0 bridgehead atoms. The summed E-state index contributed by atoms with van der Waals surface area (Å²) in [6, 6.07) is -3.80. The average molecular weight is 516 g/mol. The molecule has 206 valence electrons. The highest BCUT2D eigenvalue weighted by Crippen LogP contribution is 1.97. The molecule has 16 N–H and O–H groups in total. The van der Waals surface area contributed by atoms with Gasteiger partial charge in [-0.2, -0.15) is 0 Å². The van der Waals surface area contributed by atoms with E-state index in [2.05, 4.69) is 0 Å². The van der Waals surface area contributed by atoms with E-state index in [-0.39, 0.29) is 12.8 Å². The highest BCUT2D eigenvalue weighted by atomic mass is 16.4. The zero-order valence-electron chi connectivity index (χ0n) is 19.3. The lowest BCUT2D eigenvalue weighted by atomic mass is 10.1. The first kappa shape index (κ1) is 38.9. The molecule has 17 heteroatoms. The van der Waals surface area contributed by atoms with Gasteiger partial charge in [0.25, 0.3) is 0 Å². The second-order valence-electron chi connectivity index (χ2n) is 6.78. The van der Waals surface area contributed by atoms with Crippen LogP contribution in [0.4, 0.5) is 0 Å². The number of carbonyl (C=O) groups is 6. The summed E-state index contributed by atoms with van der Waals surface area (Å²) in [5.41, 5.74) is 25.1. The van der Waals surface area contributed by atoms with Crippen LogP contribution in [0.25, 0.3) is 0 Å². The van der Waals surface area contributed by atoms with Gasteiger partial charge in [0.05, 0.1) is 6.42 Å². The average Bonchev–Trinajstić information content (AvgIpc) is 2.72. The molecule has 0 rings (SSSR count). The zero-order chi connectivity index (χ0) is 28.7. The van der Waals surface area contributed by atoms with E-state index in [1.54, 1.807) is 0 Å². The predicted molar refractivity (Wildman–Crippen MR) is 120 cm³/mol. The van der Waals surface area contributed by atoms with Crippen LogP contribution in [0.5, 0.6) is 0 Å². The molecular weight excluding hydrogens is 478 g/mol. The molecule has 4 unspecified atom stereocenters. The Balaban J connectivity index is -0.000000186. The lowest BCUT2D eigenvalue weighted by Gasteiger charge is -2.03. The summed E-state index contributed by atoms with van der Waals surface area (Å²) in [7, 11) is 0. The Labute approximate surface area is 200 Å². The van der Waals surface area contributed by atoms with Crippen molar-refractivity contribution in [1.29, 1.82) is 0 Å². The van der Waals surface area contributed by atoms with Crippen LogP contribution in [0.3, 0.4) is 0 Å². The van der Waals surface area contributed by atoms with E-state index in [0.29, 0.717) is 13.0 Å². The Morgan fingerprint density at radius 1 is 0.600 bits per heavy atom. The maximum Gasteiger partial charge on any atom is 0.321 e. The fourth-order valence-electron chi connectivity index (χ4n) is 1.31. The molecule has 0 aliphatic carbocycles. The summed E-state index contributed by atoms with van der Waals surface area (Å²) in [6.45, 7) is 2.02. The highest BCUT2D eigenvalue weighted by Gasteiger charge is 2.14. The molecule has 0 heterocycles. The monoisotopic (exact) mass is 515 g/mol. The molecule has 0 fully saturated rings. The number of nitrogens with two attached hydrogens (primary N) is 5. The SMILES string of the molecule is CC(N)C(=O)O.NC(CC(=O)O)C(=O)O.NC(CCC(=O)O)C(=O)O.NCCCCC(N)C(=O)O. The standard InChI is InChI=1S/C6H14N2O2.C5H9NO4.C4H7NO4.C3H7NO2/c7-4-2-1-3-5(8)6(9)10;6-3(5(9)10)1-2-4(7)8;5-2(4(8)9)1-3(6)7;1-2(4)3(5)6/h5H,1-4,7-8H2,(H,9,10);3H,1-2,6H2,(H,7,8)(H,9,10);2H,1,5H2,(H,6,7)(H,8,9);2H,4H2,1H3,(H,5,6). The summed E-state index contributed by atoms with van der Waals surface area (Å²) in [4.78, 5) is 59.2. The van der Waals surface area contributed by atoms with Crippen LogP contribution in [0.15, 0.2) is 0 Å². The minimum Gasteiger partial charge on any atom is -0.481 e. The predicted octanol–water partition coefficient (Wildman–Crippen LogP) is -2.92. The van der Waals surface area contributed by atoms with E-state index in [1.807, 2.05) is 0 Å². The minimum absolute atomic E-state index is 0.0231. The third-order valence-electron chi connectivity index (χ3n) is 3.37. The first-order valence-electron chi connectivity index (χ1n) is 9.97. The molecule has 35 heavy (non-hydrogen) atoms. The smallest absolute Gasteiger partial charge is 0.321 e. The van der Waals surface area contributed by atoms with Gasteiger partial charge in [-0.15, -0.1) is 0 Å². The number of carboxylic acids is 6. The number of hydrogen-bond donors (Lipinski definition) is 11. The molecule has 0 aromatic rings. The maximum atomic E-state index is 10.1. The van der Waals surface area contributed by atoms with Crippen LogP contribution in [0, 0.1) is 0 Å². The van der Waals surface area contributed by atoms with E-state index >= 15 is 0 Å². The van der Waals surface area contributed by atoms with Crippen LogP contribution >= 0.6 is 0 Å². The van der Waals surface area contributed by atoms with Crippen molar-refractivity contribution in [2.45, 2.75) is 69.6 Å². The lowest BCUT2D eigenvalue weighted by Crippen LogP contribution is -2.32. The van der Waals surface area contributed by atoms with Crippen molar-refractivity contribution in [3.63, 3.8) is 0 Å². The van der Waals surface area contributed by atoms with Crippen molar-refractivity contribution in [1.82, 2.24) is 0 Å². The fraction of sp³-hybridized carbons (Fsp3) is 0.667. The van der Waals surface area contributed by atoms with Gasteiger partial charge in [0.15, 0.2) is 0 Å². The van der Waals surface area contributed by atoms with Gasteiger partial charge in [-0.05, 0) is 32.7 Å². The first-order valence-corrected chi connectivity index (χ1v) is 9.97. The largest absolute Gasteiger partial charge is 0.481 e. The molecule has 0 spiro atoms. The van der Waals surface area contributed by atoms with Crippen LogP contribution in [0.2, 0.25) is 0 Å². The van der Waals surface area contributed by atoms with Gasteiger partial charge in [-0.3, -0.25) is 28.8 Å². The summed E-state index contributed by atoms with van der Waals surface area (Å²) < 4.78 is 0. The maximum absolute atomic E-state index is 10.1. The Kier molecular flexibility index (Phi) is 26.4. The molecule has 0 saturated heterocycles. The third kappa shape index (κ3) is 35.4. The van der Waals surface area contributed by atoms with Gasteiger partial charge in [0.1, 0.15) is 24.2 Å². The van der Waals surface area contributed by atoms with E-state index < -0.39 is 66.4 Å². The lowest BCUT2D eigenvalue weighted by molar-refractivity contribution is -0.144.